The van der Waals surface area contributed by atoms with Crippen LogP contribution in [0.15, 0.2) is 12.3 Å². The van der Waals surface area contributed by atoms with Gasteiger partial charge >= 0.3 is 12.1 Å². The molecule has 0 amide bonds. The highest BCUT2D eigenvalue weighted by Gasteiger charge is 2.27. The van der Waals surface area contributed by atoms with Crippen LogP contribution in [0.3, 0.4) is 0 Å². The average Bonchev–Trinajstić information content (AvgIpc) is 1.83. The zero-order valence-corrected chi connectivity index (χ0v) is 5.76. The Morgan fingerprint density at radius 1 is 1.58 bits per heavy atom. The maximum Gasteiger partial charge on any atom is 0.414 e. The second-order valence-corrected chi connectivity index (χ2v) is 1.69. The van der Waals surface area contributed by atoms with Crippen molar-refractivity contribution in [3.05, 3.63) is 12.3 Å². The largest absolute Gasteiger partial charge is 0.478 e. The molecular formula is C5H6F3NO3. The van der Waals surface area contributed by atoms with Crippen molar-refractivity contribution < 1.29 is 27.9 Å². The minimum absolute atomic E-state index is 0.608. The van der Waals surface area contributed by atoms with Gasteiger partial charge in [0.05, 0.1) is 0 Å². The fourth-order valence-corrected chi connectivity index (χ4v) is 0.277. The van der Waals surface area contributed by atoms with Crippen molar-refractivity contribution in [1.82, 2.24) is 5.48 Å². The zero-order chi connectivity index (χ0) is 9.61. The lowest BCUT2D eigenvalue weighted by molar-refractivity contribution is -0.184. The van der Waals surface area contributed by atoms with E-state index < -0.39 is 18.8 Å². The number of aliphatic carboxylic acids is 1. The molecule has 0 aromatic carbocycles. The van der Waals surface area contributed by atoms with Crippen molar-refractivity contribution in [3.8, 4) is 0 Å². The second-order valence-electron chi connectivity index (χ2n) is 1.69. The van der Waals surface area contributed by atoms with Gasteiger partial charge in [0.2, 0.25) is 0 Å². The van der Waals surface area contributed by atoms with Crippen LogP contribution < -0.4 is 5.48 Å². The molecule has 0 fully saturated rings. The maximum atomic E-state index is 11.3. The van der Waals surface area contributed by atoms with Gasteiger partial charge in [-0.15, -0.1) is 0 Å². The summed E-state index contributed by atoms with van der Waals surface area (Å²) in [6.07, 6.45) is -3.07. The average molecular weight is 185 g/mol. The Morgan fingerprint density at radius 2 is 2.17 bits per heavy atom. The summed E-state index contributed by atoms with van der Waals surface area (Å²) in [4.78, 5) is 13.6. The van der Waals surface area contributed by atoms with Gasteiger partial charge in [-0.2, -0.15) is 13.2 Å². The van der Waals surface area contributed by atoms with Crippen molar-refractivity contribution >= 4 is 5.97 Å². The van der Waals surface area contributed by atoms with Crippen LogP contribution >= 0.6 is 0 Å². The molecule has 0 aromatic heterocycles. The zero-order valence-electron chi connectivity index (χ0n) is 5.76. The molecule has 2 N–H and O–H groups in total. The lowest BCUT2D eigenvalue weighted by Crippen LogP contribution is -2.21. The van der Waals surface area contributed by atoms with Gasteiger partial charge in [-0.3, -0.25) is 10.3 Å². The Labute approximate surface area is 65.6 Å². The number of hydrogen-bond acceptors (Lipinski definition) is 3. The first kappa shape index (κ1) is 10.8. The molecule has 0 unspecified atom stereocenters. The van der Waals surface area contributed by atoms with Gasteiger partial charge in [-0.25, -0.2) is 4.79 Å². The molecule has 0 aromatic rings. The molecule has 12 heavy (non-hydrogen) atoms. The van der Waals surface area contributed by atoms with Crippen LogP contribution in [0.1, 0.15) is 0 Å². The molecule has 0 aliphatic rings. The molecule has 0 rings (SSSR count). The summed E-state index contributed by atoms with van der Waals surface area (Å²) in [7, 11) is 0. The van der Waals surface area contributed by atoms with Crippen LogP contribution in [0, 0.1) is 0 Å². The summed E-state index contributed by atoms with van der Waals surface area (Å²) in [6.45, 7) is -1.48. The fourth-order valence-electron chi connectivity index (χ4n) is 0.277. The van der Waals surface area contributed by atoms with Crippen LogP contribution in [0.25, 0.3) is 0 Å². The van der Waals surface area contributed by atoms with Gasteiger partial charge in [-0.05, 0) is 0 Å². The van der Waals surface area contributed by atoms with Crippen molar-refractivity contribution in [1.29, 1.82) is 0 Å². The van der Waals surface area contributed by atoms with Crippen molar-refractivity contribution in [3.63, 3.8) is 0 Å². The van der Waals surface area contributed by atoms with Crippen LogP contribution in [0.4, 0.5) is 13.2 Å². The number of hydrogen-bond donors (Lipinski definition) is 2. The van der Waals surface area contributed by atoms with Gasteiger partial charge < -0.3 is 5.11 Å². The highest BCUT2D eigenvalue weighted by atomic mass is 19.4. The van der Waals surface area contributed by atoms with Gasteiger partial charge in [0.1, 0.15) is 0 Å². The third kappa shape index (κ3) is 8.76. The molecule has 0 aliphatic heterocycles. The van der Waals surface area contributed by atoms with Gasteiger partial charge in [0, 0.05) is 12.3 Å². The van der Waals surface area contributed by atoms with Crippen molar-refractivity contribution in [2.45, 2.75) is 6.18 Å². The molecule has 0 spiro atoms. The number of halogens is 3. The third-order valence-electron chi connectivity index (χ3n) is 0.613. The quantitative estimate of drug-likeness (QED) is 0.384. The molecule has 70 valence electrons. The Kier molecular flexibility index (Phi) is 4.12. The van der Waals surface area contributed by atoms with E-state index in [9.17, 15) is 18.0 Å². The van der Waals surface area contributed by atoms with E-state index in [0.717, 1.165) is 6.20 Å². The minimum atomic E-state index is -4.43. The summed E-state index contributed by atoms with van der Waals surface area (Å²) >= 11 is 0. The van der Waals surface area contributed by atoms with Gasteiger partial charge in [0.15, 0.2) is 6.61 Å². The highest BCUT2D eigenvalue weighted by molar-refractivity contribution is 5.79. The third-order valence-corrected chi connectivity index (χ3v) is 0.613. The number of carboxylic acid groups (broad SMARTS) is 1. The Balaban J connectivity index is 3.40. The number of carbonyl (C=O) groups is 1. The molecule has 0 heterocycles. The first-order valence-electron chi connectivity index (χ1n) is 2.75. The fraction of sp³-hybridized carbons (Fsp3) is 0.400. The Hall–Kier alpha value is -1.24. The Bertz CT molecular complexity index is 177. The van der Waals surface area contributed by atoms with E-state index in [0.29, 0.717) is 6.08 Å². The van der Waals surface area contributed by atoms with E-state index >= 15 is 0 Å². The number of hydroxylamine groups is 1. The molecule has 0 saturated carbocycles. The normalized spacial score (nSPS) is 11.9. The van der Waals surface area contributed by atoms with Gasteiger partial charge in [-0.1, -0.05) is 0 Å². The van der Waals surface area contributed by atoms with Crippen LogP contribution in [-0.4, -0.2) is 23.9 Å². The highest BCUT2D eigenvalue weighted by Crippen LogP contribution is 2.13. The lowest BCUT2D eigenvalue weighted by atomic mass is 10.6. The first-order chi connectivity index (χ1) is 5.42. The summed E-state index contributed by atoms with van der Waals surface area (Å²) in [5.41, 5.74) is 1.69. The SMILES string of the molecule is O=C(O)/C=C/NOCC(F)(F)F. The minimum Gasteiger partial charge on any atom is -0.478 e. The summed E-state index contributed by atoms with van der Waals surface area (Å²) in [5, 5.41) is 7.97. The van der Waals surface area contributed by atoms with E-state index in [1.165, 1.54) is 0 Å². The topological polar surface area (TPSA) is 58.6 Å². The second kappa shape index (κ2) is 4.60. The van der Waals surface area contributed by atoms with Crippen molar-refractivity contribution in [2.75, 3.05) is 6.61 Å². The van der Waals surface area contributed by atoms with Crippen molar-refractivity contribution in [2.24, 2.45) is 0 Å². The smallest absolute Gasteiger partial charge is 0.414 e. The number of rotatable bonds is 4. The molecule has 0 atom stereocenters. The Morgan fingerprint density at radius 3 is 2.58 bits per heavy atom. The predicted molar refractivity (Wildman–Crippen MR) is 31.9 cm³/mol. The van der Waals surface area contributed by atoms with E-state index in [2.05, 4.69) is 4.84 Å². The molecule has 0 bridgehead atoms. The van der Waals surface area contributed by atoms with Crippen LogP contribution in [-0.2, 0) is 9.63 Å². The number of carboxylic acids is 1. The first-order valence-corrected chi connectivity index (χ1v) is 2.75. The van der Waals surface area contributed by atoms with E-state index in [-0.39, 0.29) is 0 Å². The predicted octanol–water partition coefficient (Wildman–Crippen LogP) is 0.668. The molecule has 4 nitrogen and oxygen atoms in total. The number of alkyl halides is 3. The van der Waals surface area contributed by atoms with Crippen LogP contribution in [0.2, 0.25) is 0 Å². The monoisotopic (exact) mass is 185 g/mol. The van der Waals surface area contributed by atoms with E-state index in [4.69, 9.17) is 5.11 Å². The van der Waals surface area contributed by atoms with Crippen LogP contribution in [0.5, 0.6) is 0 Å². The summed E-state index contributed by atoms with van der Waals surface area (Å²) in [5.74, 6) is -1.28. The van der Waals surface area contributed by atoms with E-state index in [1.54, 1.807) is 5.48 Å². The maximum absolute atomic E-state index is 11.3. The molecule has 0 saturated heterocycles. The van der Waals surface area contributed by atoms with Gasteiger partial charge in [0.25, 0.3) is 0 Å². The molecule has 7 heteroatoms. The lowest BCUT2D eigenvalue weighted by Gasteiger charge is -2.05. The summed E-state index contributed by atoms with van der Waals surface area (Å²) in [6, 6.07) is 0. The standard InChI is InChI=1S/C5H6F3NO3/c6-5(7,8)3-12-9-2-1-4(10)11/h1-2,9H,3H2,(H,10,11)/b2-1+. The number of nitrogens with one attached hydrogen (secondary N) is 1. The summed E-state index contributed by atoms with van der Waals surface area (Å²) < 4.78 is 34.0. The molecular weight excluding hydrogens is 179 g/mol. The molecule has 0 radical (unpaired) electrons. The van der Waals surface area contributed by atoms with E-state index in [1.807, 2.05) is 0 Å². The molecule has 0 aliphatic carbocycles.